The van der Waals surface area contributed by atoms with E-state index in [2.05, 4.69) is 16.4 Å². The lowest BCUT2D eigenvalue weighted by molar-refractivity contribution is -0.137. The lowest BCUT2D eigenvalue weighted by Gasteiger charge is -2.27. The van der Waals surface area contributed by atoms with E-state index in [4.69, 9.17) is 4.98 Å². The third-order valence-electron chi connectivity index (χ3n) is 6.94. The molecule has 0 bridgehead atoms. The first-order valence-corrected chi connectivity index (χ1v) is 12.3. The summed E-state index contributed by atoms with van der Waals surface area (Å²) in [6.45, 7) is 5.90. The van der Waals surface area contributed by atoms with E-state index in [0.29, 0.717) is 25.2 Å². The van der Waals surface area contributed by atoms with Gasteiger partial charge in [-0.2, -0.15) is 0 Å². The molecule has 1 aromatic carbocycles. The van der Waals surface area contributed by atoms with Crippen LogP contribution < -0.4 is 5.32 Å². The van der Waals surface area contributed by atoms with Crippen LogP contribution in [0.2, 0.25) is 0 Å². The molecule has 0 fully saturated rings. The third-order valence-corrected chi connectivity index (χ3v) is 6.94. The molecule has 3 aromatic rings. The van der Waals surface area contributed by atoms with Gasteiger partial charge in [0.1, 0.15) is 17.3 Å². The molecule has 1 amide bonds. The van der Waals surface area contributed by atoms with Crippen molar-refractivity contribution in [3.63, 3.8) is 0 Å². The second kappa shape index (κ2) is 9.52. The molecular formula is C27H31N5O3. The molecule has 35 heavy (non-hydrogen) atoms. The van der Waals surface area contributed by atoms with Crippen LogP contribution in [0.15, 0.2) is 42.7 Å². The van der Waals surface area contributed by atoms with Crippen LogP contribution in [0.1, 0.15) is 71.2 Å². The number of hydrogen-bond acceptors (Lipinski definition) is 5. The Morgan fingerprint density at radius 3 is 2.89 bits per heavy atom. The summed E-state index contributed by atoms with van der Waals surface area (Å²) >= 11 is 0. The number of aliphatic carboxylic acids is 1. The number of anilines is 1. The highest BCUT2D eigenvalue weighted by molar-refractivity contribution is 5.92. The lowest BCUT2D eigenvalue weighted by atomic mass is 9.91. The van der Waals surface area contributed by atoms with E-state index in [9.17, 15) is 14.7 Å². The molecule has 2 aliphatic rings. The van der Waals surface area contributed by atoms with Gasteiger partial charge in [0.05, 0.1) is 6.42 Å². The molecule has 0 saturated carbocycles. The summed E-state index contributed by atoms with van der Waals surface area (Å²) in [5.41, 5.74) is 4.71. The number of imidazole rings is 1. The second-order valence-electron chi connectivity index (χ2n) is 9.77. The first-order chi connectivity index (χ1) is 16.9. The number of rotatable bonds is 6. The number of nitrogens with zero attached hydrogens (tertiary/aromatic N) is 4. The van der Waals surface area contributed by atoms with Crippen molar-refractivity contribution in [3.05, 3.63) is 76.5 Å². The Hall–Kier alpha value is -3.68. The van der Waals surface area contributed by atoms with Gasteiger partial charge in [-0.05, 0) is 55.0 Å². The third kappa shape index (κ3) is 4.78. The number of aryl methyl sites for hydroxylation is 1. The number of carboxylic acids is 1. The highest BCUT2D eigenvalue weighted by Gasteiger charge is 2.28. The average molecular weight is 474 g/mol. The van der Waals surface area contributed by atoms with Gasteiger partial charge in [0.2, 0.25) is 0 Å². The lowest BCUT2D eigenvalue weighted by Crippen LogP contribution is -2.36. The molecule has 0 saturated heterocycles. The van der Waals surface area contributed by atoms with Crippen LogP contribution in [0.4, 0.5) is 5.82 Å². The minimum absolute atomic E-state index is 0.0151. The Bertz CT molecular complexity index is 1270. The zero-order chi connectivity index (χ0) is 24.5. The van der Waals surface area contributed by atoms with Crippen LogP contribution in [-0.2, 0) is 30.7 Å². The van der Waals surface area contributed by atoms with E-state index in [-0.39, 0.29) is 24.3 Å². The SMILES string of the molecule is CC(C)N(Cc1cnc2c(c1)CCCN2)C(=O)c1cn2c(n1)Cc1ccccc1C(CC(=O)O)C2. The molecule has 0 radical (unpaired) electrons. The Balaban J connectivity index is 1.41. The van der Waals surface area contributed by atoms with Crippen LogP contribution in [0, 0.1) is 0 Å². The van der Waals surface area contributed by atoms with Crippen molar-refractivity contribution in [1.82, 2.24) is 19.4 Å². The highest BCUT2D eigenvalue weighted by Crippen LogP contribution is 2.31. The Kier molecular flexibility index (Phi) is 6.28. The van der Waals surface area contributed by atoms with Gasteiger partial charge in [-0.15, -0.1) is 0 Å². The number of carbonyl (C=O) groups is 2. The van der Waals surface area contributed by atoms with Crippen molar-refractivity contribution in [2.24, 2.45) is 0 Å². The number of aromatic nitrogens is 3. The maximum Gasteiger partial charge on any atom is 0.304 e. The maximum atomic E-state index is 13.6. The van der Waals surface area contributed by atoms with Crippen molar-refractivity contribution in [2.75, 3.05) is 11.9 Å². The van der Waals surface area contributed by atoms with Gasteiger partial charge < -0.3 is 19.9 Å². The van der Waals surface area contributed by atoms with Gasteiger partial charge in [0.15, 0.2) is 0 Å². The van der Waals surface area contributed by atoms with Gasteiger partial charge in [0, 0.05) is 50.4 Å². The molecule has 182 valence electrons. The van der Waals surface area contributed by atoms with Gasteiger partial charge in [-0.25, -0.2) is 9.97 Å². The largest absolute Gasteiger partial charge is 0.481 e. The molecule has 0 spiro atoms. The fraction of sp³-hybridized carbons (Fsp3) is 0.407. The number of hydrogen-bond donors (Lipinski definition) is 2. The minimum atomic E-state index is -0.829. The summed E-state index contributed by atoms with van der Waals surface area (Å²) in [6, 6.07) is 10.1. The fourth-order valence-corrected chi connectivity index (χ4v) is 5.16. The fourth-order valence-electron chi connectivity index (χ4n) is 5.16. The average Bonchev–Trinajstić information content (AvgIpc) is 3.17. The smallest absolute Gasteiger partial charge is 0.304 e. The van der Waals surface area contributed by atoms with Gasteiger partial charge >= 0.3 is 5.97 Å². The summed E-state index contributed by atoms with van der Waals surface area (Å²) in [7, 11) is 0. The van der Waals surface area contributed by atoms with E-state index in [0.717, 1.165) is 47.7 Å². The maximum absolute atomic E-state index is 13.6. The standard InChI is InChI=1S/C27H31N5O3/c1-17(2)32(14-18-10-20-7-5-9-28-26(20)29-13-18)27(35)23-16-31-15-21(12-25(33)34)22-8-4-3-6-19(22)11-24(31)30-23/h3-4,6,8,10,13,16-17,21H,5,7,9,11-12,14-15H2,1-2H3,(H,28,29)(H,33,34). The van der Waals surface area contributed by atoms with Gasteiger partial charge in [-0.1, -0.05) is 24.3 Å². The normalized spacial score (nSPS) is 16.5. The van der Waals surface area contributed by atoms with Crippen LogP contribution in [0.5, 0.6) is 0 Å². The number of fused-ring (bicyclic) bond motifs is 3. The van der Waals surface area contributed by atoms with Crippen LogP contribution in [0.3, 0.4) is 0 Å². The van der Waals surface area contributed by atoms with Crippen molar-refractivity contribution in [3.8, 4) is 0 Å². The first-order valence-electron chi connectivity index (χ1n) is 12.3. The molecule has 8 nitrogen and oxygen atoms in total. The molecule has 1 unspecified atom stereocenters. The van der Waals surface area contributed by atoms with E-state index in [1.165, 1.54) is 5.56 Å². The zero-order valence-corrected chi connectivity index (χ0v) is 20.2. The number of nitrogens with one attached hydrogen (secondary N) is 1. The van der Waals surface area contributed by atoms with E-state index < -0.39 is 5.97 Å². The number of benzene rings is 1. The number of amides is 1. The summed E-state index contributed by atoms with van der Waals surface area (Å²) in [5.74, 6) is 0.609. The van der Waals surface area contributed by atoms with Crippen molar-refractivity contribution >= 4 is 17.7 Å². The molecular weight excluding hydrogens is 442 g/mol. The van der Waals surface area contributed by atoms with Crippen LogP contribution in [0.25, 0.3) is 0 Å². The van der Waals surface area contributed by atoms with E-state index >= 15 is 0 Å². The quantitative estimate of drug-likeness (QED) is 0.564. The van der Waals surface area contributed by atoms with Crippen LogP contribution in [-0.4, -0.2) is 49.0 Å². The molecule has 2 aliphatic heterocycles. The first kappa shape index (κ1) is 23.1. The monoisotopic (exact) mass is 473 g/mol. The topological polar surface area (TPSA) is 100 Å². The summed E-state index contributed by atoms with van der Waals surface area (Å²) in [4.78, 5) is 36.3. The van der Waals surface area contributed by atoms with Gasteiger partial charge in [-0.3, -0.25) is 9.59 Å². The number of pyridine rings is 1. The summed E-state index contributed by atoms with van der Waals surface area (Å²) in [6.07, 6.45) is 6.32. The van der Waals surface area contributed by atoms with E-state index in [1.807, 2.05) is 53.8 Å². The molecule has 4 heterocycles. The number of carbonyl (C=O) groups excluding carboxylic acids is 1. The second-order valence-corrected chi connectivity index (χ2v) is 9.77. The van der Waals surface area contributed by atoms with Gasteiger partial charge in [0.25, 0.3) is 5.91 Å². The molecule has 5 rings (SSSR count). The van der Waals surface area contributed by atoms with Crippen molar-refractivity contribution < 1.29 is 14.7 Å². The summed E-state index contributed by atoms with van der Waals surface area (Å²) < 4.78 is 1.96. The van der Waals surface area contributed by atoms with E-state index in [1.54, 1.807) is 6.20 Å². The van der Waals surface area contributed by atoms with Crippen molar-refractivity contribution in [1.29, 1.82) is 0 Å². The van der Waals surface area contributed by atoms with Crippen molar-refractivity contribution in [2.45, 2.75) is 64.6 Å². The molecule has 1 atom stereocenters. The molecule has 8 heteroatoms. The zero-order valence-electron chi connectivity index (χ0n) is 20.2. The predicted octanol–water partition coefficient (Wildman–Crippen LogP) is 3.85. The highest BCUT2D eigenvalue weighted by atomic mass is 16.4. The predicted molar refractivity (Wildman–Crippen MR) is 133 cm³/mol. The minimum Gasteiger partial charge on any atom is -0.481 e. The summed E-state index contributed by atoms with van der Waals surface area (Å²) in [5, 5.41) is 12.8. The Labute approximate surface area is 205 Å². The Morgan fingerprint density at radius 1 is 1.26 bits per heavy atom. The van der Waals surface area contributed by atoms with Crippen LogP contribution >= 0.6 is 0 Å². The number of carboxylic acid groups (broad SMARTS) is 1. The molecule has 2 N–H and O–H groups in total. The molecule has 0 aliphatic carbocycles. The molecule has 2 aromatic heterocycles. The Morgan fingerprint density at radius 2 is 2.09 bits per heavy atom.